The minimum absolute atomic E-state index is 0.0438. The Labute approximate surface area is 352 Å². The summed E-state index contributed by atoms with van der Waals surface area (Å²) >= 11 is 0. The van der Waals surface area contributed by atoms with Crippen molar-refractivity contribution in [1.29, 1.82) is 0 Å². The Balaban J connectivity index is 2.60. The molecule has 18 heteroatoms. The minimum Gasteiger partial charge on any atom is -0.462 e. The van der Waals surface area contributed by atoms with Gasteiger partial charge in [0, 0.05) is 25.2 Å². The van der Waals surface area contributed by atoms with Crippen LogP contribution >= 0.6 is 15.6 Å². The van der Waals surface area contributed by atoms with Crippen molar-refractivity contribution in [2.75, 3.05) is 26.4 Å². The molecule has 0 spiro atoms. The van der Waals surface area contributed by atoms with Gasteiger partial charge >= 0.3 is 27.6 Å². The molecule has 0 aliphatic heterocycles. The summed E-state index contributed by atoms with van der Waals surface area (Å²) in [5, 5.41) is 41.1. The van der Waals surface area contributed by atoms with Gasteiger partial charge < -0.3 is 44.6 Å². The monoisotopic (exact) mass is 886 g/mol. The average Bonchev–Trinajstić information content (AvgIpc) is 3.43. The van der Waals surface area contributed by atoms with Crippen molar-refractivity contribution in [3.63, 3.8) is 0 Å². The zero-order valence-electron chi connectivity index (χ0n) is 35.6. The van der Waals surface area contributed by atoms with Crippen LogP contribution < -0.4 is 0 Å². The lowest BCUT2D eigenvalue weighted by Gasteiger charge is -2.20. The molecule has 1 saturated carbocycles. The Bertz CT molecular complexity index is 1270. The summed E-state index contributed by atoms with van der Waals surface area (Å²) in [4.78, 5) is 52.8. The van der Waals surface area contributed by atoms with E-state index < -0.39 is 84.5 Å². The SMILES string of the molecule is CCCCC[C@H](O)/C=C/[C@@H]1[C@@H](C/C=C/CCCC(=O)O[C@H](COC(=O)CCCCCCCCCCCC(C)C)COP(=O)(O)OC[C@@H](O)COP(=O)(O)O)[C@@H](O)C[C@H]1O. The van der Waals surface area contributed by atoms with Crippen molar-refractivity contribution in [3.05, 3.63) is 24.3 Å². The first-order chi connectivity index (χ1) is 27.9. The summed E-state index contributed by atoms with van der Waals surface area (Å²) in [5.74, 6) is -0.992. The van der Waals surface area contributed by atoms with Crippen LogP contribution in [0.4, 0.5) is 0 Å². The number of phosphoric ester groups is 2. The van der Waals surface area contributed by atoms with Gasteiger partial charge in [0.05, 0.1) is 38.1 Å². The quantitative estimate of drug-likeness (QED) is 0.0145. The minimum atomic E-state index is -4.89. The van der Waals surface area contributed by atoms with E-state index in [1.54, 1.807) is 12.2 Å². The van der Waals surface area contributed by atoms with Gasteiger partial charge in [-0.3, -0.25) is 23.2 Å². The molecule has 1 aliphatic rings. The molecule has 1 rings (SSSR count). The Morgan fingerprint density at radius 2 is 1.31 bits per heavy atom. The highest BCUT2D eigenvalue weighted by Crippen LogP contribution is 2.44. The number of aliphatic hydroxyl groups is 4. The first-order valence-electron chi connectivity index (χ1n) is 21.6. The number of aliphatic hydroxyl groups excluding tert-OH is 4. The number of unbranched alkanes of at least 4 members (excludes halogenated alkanes) is 11. The molecule has 1 fully saturated rings. The maximum atomic E-state index is 12.8. The second-order valence-corrected chi connectivity index (χ2v) is 18.8. The summed E-state index contributed by atoms with van der Waals surface area (Å²) in [6.45, 7) is 3.64. The molecule has 346 valence electrons. The maximum Gasteiger partial charge on any atom is 0.472 e. The van der Waals surface area contributed by atoms with Gasteiger partial charge in [0.2, 0.25) is 0 Å². The Morgan fingerprint density at radius 1 is 0.712 bits per heavy atom. The fourth-order valence-electron chi connectivity index (χ4n) is 6.70. The molecule has 8 atom stereocenters. The smallest absolute Gasteiger partial charge is 0.462 e. The normalized spacial score (nSPS) is 21.3. The third-order valence-electron chi connectivity index (χ3n) is 10.1. The summed E-state index contributed by atoms with van der Waals surface area (Å²) < 4.78 is 47.7. The van der Waals surface area contributed by atoms with E-state index in [-0.39, 0.29) is 31.1 Å². The van der Waals surface area contributed by atoms with Gasteiger partial charge in [0.25, 0.3) is 0 Å². The van der Waals surface area contributed by atoms with Crippen molar-refractivity contribution < 1.29 is 76.9 Å². The summed E-state index contributed by atoms with van der Waals surface area (Å²) in [7, 11) is -9.77. The molecule has 1 aliphatic carbocycles. The van der Waals surface area contributed by atoms with Gasteiger partial charge in [-0.05, 0) is 43.9 Å². The fraction of sp³-hybridized carbons (Fsp3) is 0.854. The van der Waals surface area contributed by atoms with E-state index >= 15 is 0 Å². The third-order valence-corrected chi connectivity index (χ3v) is 11.5. The van der Waals surface area contributed by atoms with Crippen LogP contribution in [0.2, 0.25) is 0 Å². The second-order valence-electron chi connectivity index (χ2n) is 16.1. The lowest BCUT2D eigenvalue weighted by Crippen LogP contribution is -2.29. The van der Waals surface area contributed by atoms with E-state index in [0.29, 0.717) is 32.1 Å². The molecule has 0 aromatic heterocycles. The number of esters is 2. The standard InChI is InChI=1S/C41H76O16P2/c1-4-5-15-21-33(42)25-26-37-36(38(44)27-39(37)45)22-17-13-14-19-24-41(47)57-35(31-56-59(51,52)55-29-34(43)28-54-58(48,49)50)30-53-40(46)23-18-12-10-8-6-7-9-11-16-20-32(2)3/h13,17,25-26,32-39,42-45H,4-12,14-16,18-24,27-31H2,1-3H3,(H,51,52)(H2,48,49,50)/b17-13+,26-25+/t33-,34-,35+,36+,37+,38-,39+/m0/s1. The number of allylic oxidation sites excluding steroid dienone is 2. The molecule has 0 radical (unpaired) electrons. The predicted octanol–water partition coefficient (Wildman–Crippen LogP) is 6.96. The molecule has 16 nitrogen and oxygen atoms in total. The first-order valence-corrected chi connectivity index (χ1v) is 24.7. The van der Waals surface area contributed by atoms with E-state index in [9.17, 15) is 44.0 Å². The summed E-state index contributed by atoms with van der Waals surface area (Å²) in [6.07, 6.45) is 18.6. The van der Waals surface area contributed by atoms with Crippen LogP contribution in [0.25, 0.3) is 0 Å². The Morgan fingerprint density at radius 3 is 1.95 bits per heavy atom. The van der Waals surface area contributed by atoms with Crippen molar-refractivity contribution >= 4 is 27.6 Å². The van der Waals surface area contributed by atoms with E-state index in [1.807, 2.05) is 12.2 Å². The van der Waals surface area contributed by atoms with Gasteiger partial charge in [0.1, 0.15) is 12.7 Å². The summed E-state index contributed by atoms with van der Waals surface area (Å²) in [6, 6.07) is 0. The molecule has 1 unspecified atom stereocenters. The second kappa shape index (κ2) is 32.2. The highest BCUT2D eigenvalue weighted by atomic mass is 31.2. The molecule has 0 amide bonds. The maximum absolute atomic E-state index is 12.8. The van der Waals surface area contributed by atoms with Crippen LogP contribution in [0, 0.1) is 17.8 Å². The van der Waals surface area contributed by atoms with Gasteiger partial charge in [-0.1, -0.05) is 122 Å². The molecule has 0 saturated heterocycles. The number of carbonyl (C=O) groups excluding carboxylic acids is 2. The highest BCUT2D eigenvalue weighted by Gasteiger charge is 2.39. The van der Waals surface area contributed by atoms with Gasteiger partial charge in [-0.15, -0.1) is 0 Å². The molecule has 7 N–H and O–H groups in total. The Kier molecular flexibility index (Phi) is 30.3. The van der Waals surface area contributed by atoms with Crippen LogP contribution in [0.1, 0.15) is 149 Å². The largest absolute Gasteiger partial charge is 0.472 e. The van der Waals surface area contributed by atoms with Crippen LogP contribution in [0.15, 0.2) is 24.3 Å². The van der Waals surface area contributed by atoms with Gasteiger partial charge in [0.15, 0.2) is 6.10 Å². The predicted molar refractivity (Wildman–Crippen MR) is 223 cm³/mol. The number of rotatable bonds is 36. The van der Waals surface area contributed by atoms with Crippen molar-refractivity contribution in [1.82, 2.24) is 0 Å². The molecule has 0 aromatic rings. The van der Waals surface area contributed by atoms with E-state index in [1.165, 1.54) is 32.1 Å². The van der Waals surface area contributed by atoms with Crippen LogP contribution in [0.5, 0.6) is 0 Å². The number of ether oxygens (including phenoxy) is 2. The molecular weight excluding hydrogens is 810 g/mol. The average molecular weight is 887 g/mol. The third kappa shape index (κ3) is 30.2. The first kappa shape index (κ1) is 55.5. The lowest BCUT2D eigenvalue weighted by atomic mass is 9.89. The van der Waals surface area contributed by atoms with Crippen molar-refractivity contribution in [2.24, 2.45) is 17.8 Å². The zero-order valence-corrected chi connectivity index (χ0v) is 37.4. The molecular formula is C41H76O16P2. The van der Waals surface area contributed by atoms with Crippen LogP contribution in [0.3, 0.4) is 0 Å². The number of hydrogen-bond acceptors (Lipinski definition) is 13. The fourth-order valence-corrected chi connectivity index (χ4v) is 7.86. The number of carbonyl (C=O) groups is 2. The molecule has 0 aromatic carbocycles. The van der Waals surface area contributed by atoms with E-state index in [0.717, 1.165) is 50.9 Å². The van der Waals surface area contributed by atoms with Gasteiger partial charge in [-0.2, -0.15) is 0 Å². The van der Waals surface area contributed by atoms with Gasteiger partial charge in [-0.25, -0.2) is 9.13 Å². The zero-order chi connectivity index (χ0) is 44.1. The van der Waals surface area contributed by atoms with Crippen LogP contribution in [-0.4, -0.2) is 104 Å². The molecule has 0 heterocycles. The lowest BCUT2D eigenvalue weighted by molar-refractivity contribution is -0.161. The van der Waals surface area contributed by atoms with Crippen molar-refractivity contribution in [3.8, 4) is 0 Å². The molecule has 0 bridgehead atoms. The van der Waals surface area contributed by atoms with Crippen molar-refractivity contribution in [2.45, 2.75) is 180 Å². The highest BCUT2D eigenvalue weighted by molar-refractivity contribution is 7.47. The van der Waals surface area contributed by atoms with E-state index in [4.69, 9.17) is 23.8 Å². The van der Waals surface area contributed by atoms with E-state index in [2.05, 4.69) is 29.8 Å². The summed E-state index contributed by atoms with van der Waals surface area (Å²) in [5.41, 5.74) is 0. The topological polar surface area (TPSA) is 256 Å². The number of phosphoric acid groups is 2. The Hall–Kier alpha value is -1.52. The van der Waals surface area contributed by atoms with Crippen LogP contribution in [-0.2, 0) is 41.8 Å². The molecule has 59 heavy (non-hydrogen) atoms. The number of hydrogen-bond donors (Lipinski definition) is 7.